The molecule has 2 amide bonds. The average Bonchev–Trinajstić information content (AvgIpc) is 2.54. The van der Waals surface area contributed by atoms with E-state index in [4.69, 9.17) is 4.74 Å². The number of nitrogens with zero attached hydrogens (tertiary/aromatic N) is 1. The molecule has 0 saturated carbocycles. The van der Waals surface area contributed by atoms with Crippen LogP contribution < -0.4 is 10.6 Å². The summed E-state index contributed by atoms with van der Waals surface area (Å²) < 4.78 is 18.6. The standard InChI is InChI=1S/C19H30FN3O2/c1-14-11-23(12-15(2)25-14)19(3,4)13-22-18(24)21-10-9-16-5-7-17(20)8-6-16/h5-8,14-15H,9-13H2,1-4H3,(H2,21,22,24)/t14-,15-/m0/s1. The number of ether oxygens (including phenoxy) is 1. The lowest BCUT2D eigenvalue weighted by atomic mass is 10.00. The molecule has 0 aliphatic carbocycles. The highest BCUT2D eigenvalue weighted by atomic mass is 19.1. The Kier molecular flexibility index (Phi) is 6.79. The molecule has 1 heterocycles. The fourth-order valence-corrected chi connectivity index (χ4v) is 3.11. The van der Waals surface area contributed by atoms with Gasteiger partial charge in [0.1, 0.15) is 5.82 Å². The summed E-state index contributed by atoms with van der Waals surface area (Å²) in [5.74, 6) is -0.247. The van der Waals surface area contributed by atoms with Crippen LogP contribution >= 0.6 is 0 Å². The third-order valence-corrected chi connectivity index (χ3v) is 4.57. The first-order chi connectivity index (χ1) is 11.8. The van der Waals surface area contributed by atoms with Crippen molar-refractivity contribution in [1.82, 2.24) is 15.5 Å². The van der Waals surface area contributed by atoms with Crippen molar-refractivity contribution < 1.29 is 13.9 Å². The second kappa shape index (κ2) is 8.63. The molecule has 1 aromatic carbocycles. The van der Waals surface area contributed by atoms with E-state index < -0.39 is 0 Å². The topological polar surface area (TPSA) is 53.6 Å². The van der Waals surface area contributed by atoms with Crippen molar-refractivity contribution in [1.29, 1.82) is 0 Å². The van der Waals surface area contributed by atoms with E-state index in [1.807, 2.05) is 0 Å². The molecule has 2 N–H and O–H groups in total. The normalized spacial score (nSPS) is 21.8. The molecule has 6 heteroatoms. The van der Waals surface area contributed by atoms with Gasteiger partial charge in [0.2, 0.25) is 0 Å². The van der Waals surface area contributed by atoms with Gasteiger partial charge >= 0.3 is 6.03 Å². The number of nitrogens with one attached hydrogen (secondary N) is 2. The molecule has 0 unspecified atom stereocenters. The summed E-state index contributed by atoms with van der Waals surface area (Å²) in [6.07, 6.45) is 1.08. The Labute approximate surface area is 149 Å². The van der Waals surface area contributed by atoms with Crippen LogP contribution in [-0.2, 0) is 11.2 Å². The van der Waals surface area contributed by atoms with E-state index in [2.05, 4.69) is 43.2 Å². The quantitative estimate of drug-likeness (QED) is 0.828. The van der Waals surface area contributed by atoms with E-state index in [0.29, 0.717) is 19.5 Å². The van der Waals surface area contributed by atoms with Crippen LogP contribution in [0.2, 0.25) is 0 Å². The number of benzene rings is 1. The molecule has 0 aromatic heterocycles. The smallest absolute Gasteiger partial charge is 0.314 e. The van der Waals surface area contributed by atoms with Gasteiger partial charge in [-0.2, -0.15) is 0 Å². The van der Waals surface area contributed by atoms with Crippen LogP contribution in [-0.4, -0.2) is 54.9 Å². The Hall–Kier alpha value is -1.66. The number of halogens is 1. The van der Waals surface area contributed by atoms with Gasteiger partial charge in [0.15, 0.2) is 0 Å². The molecule has 1 aromatic rings. The summed E-state index contributed by atoms with van der Waals surface area (Å²) in [5, 5.41) is 5.80. The van der Waals surface area contributed by atoms with E-state index in [1.165, 1.54) is 12.1 Å². The number of hydrogen-bond donors (Lipinski definition) is 2. The zero-order valence-corrected chi connectivity index (χ0v) is 15.6. The minimum Gasteiger partial charge on any atom is -0.373 e. The van der Waals surface area contributed by atoms with Crippen LogP contribution in [0.5, 0.6) is 0 Å². The molecule has 1 aliphatic heterocycles. The molecular formula is C19H30FN3O2. The fraction of sp³-hybridized carbons (Fsp3) is 0.632. The number of carbonyl (C=O) groups excluding carboxylic acids is 1. The highest BCUT2D eigenvalue weighted by Crippen LogP contribution is 2.20. The zero-order chi connectivity index (χ0) is 18.4. The summed E-state index contributed by atoms with van der Waals surface area (Å²) in [5.41, 5.74) is 0.860. The Bertz CT molecular complexity index is 552. The second-order valence-electron chi connectivity index (χ2n) is 7.46. The molecule has 1 fully saturated rings. The van der Waals surface area contributed by atoms with Crippen LogP contribution in [0.3, 0.4) is 0 Å². The van der Waals surface area contributed by atoms with E-state index in [9.17, 15) is 9.18 Å². The zero-order valence-electron chi connectivity index (χ0n) is 15.6. The lowest BCUT2D eigenvalue weighted by Crippen LogP contribution is -2.59. The molecule has 5 nitrogen and oxygen atoms in total. The van der Waals surface area contributed by atoms with Gasteiger partial charge in [-0.25, -0.2) is 9.18 Å². The van der Waals surface area contributed by atoms with E-state index in [0.717, 1.165) is 18.7 Å². The van der Waals surface area contributed by atoms with Crippen LogP contribution in [0.15, 0.2) is 24.3 Å². The van der Waals surface area contributed by atoms with Crippen molar-refractivity contribution in [3.05, 3.63) is 35.6 Å². The highest BCUT2D eigenvalue weighted by molar-refractivity contribution is 5.73. The number of carbonyl (C=O) groups is 1. The Balaban J connectivity index is 1.72. The Morgan fingerprint density at radius 2 is 1.80 bits per heavy atom. The van der Waals surface area contributed by atoms with Crippen LogP contribution in [0.1, 0.15) is 33.3 Å². The summed E-state index contributed by atoms with van der Waals surface area (Å²) in [4.78, 5) is 14.4. The second-order valence-corrected chi connectivity index (χ2v) is 7.46. The number of morpholine rings is 1. The lowest BCUT2D eigenvalue weighted by molar-refractivity contribution is -0.0947. The third kappa shape index (κ3) is 6.29. The van der Waals surface area contributed by atoms with Crippen molar-refractivity contribution in [2.24, 2.45) is 0 Å². The van der Waals surface area contributed by atoms with Crippen LogP contribution in [0, 0.1) is 5.82 Å². The number of hydrogen-bond acceptors (Lipinski definition) is 3. The van der Waals surface area contributed by atoms with E-state index in [1.54, 1.807) is 12.1 Å². The number of urea groups is 1. The van der Waals surface area contributed by atoms with Gasteiger partial charge in [0.25, 0.3) is 0 Å². The predicted molar refractivity (Wildman–Crippen MR) is 97.2 cm³/mol. The monoisotopic (exact) mass is 351 g/mol. The van der Waals surface area contributed by atoms with Gasteiger partial charge in [0, 0.05) is 31.7 Å². The van der Waals surface area contributed by atoms with Crippen molar-refractivity contribution in [3.63, 3.8) is 0 Å². The minimum atomic E-state index is -0.247. The van der Waals surface area contributed by atoms with Gasteiger partial charge in [-0.1, -0.05) is 12.1 Å². The predicted octanol–water partition coefficient (Wildman–Crippen LogP) is 2.56. The van der Waals surface area contributed by atoms with Crippen molar-refractivity contribution in [3.8, 4) is 0 Å². The molecule has 0 spiro atoms. The van der Waals surface area contributed by atoms with Gasteiger partial charge in [-0.05, 0) is 51.8 Å². The molecule has 2 rings (SSSR count). The first-order valence-corrected chi connectivity index (χ1v) is 8.93. The van der Waals surface area contributed by atoms with E-state index in [-0.39, 0.29) is 29.6 Å². The summed E-state index contributed by atoms with van der Waals surface area (Å²) >= 11 is 0. The highest BCUT2D eigenvalue weighted by Gasteiger charge is 2.33. The molecule has 1 saturated heterocycles. The summed E-state index contributed by atoms with van der Waals surface area (Å²) in [6.45, 7) is 11.2. The number of rotatable bonds is 6. The first kappa shape index (κ1) is 19.7. The summed E-state index contributed by atoms with van der Waals surface area (Å²) in [7, 11) is 0. The minimum absolute atomic E-state index is 0.138. The van der Waals surface area contributed by atoms with Gasteiger partial charge in [0.05, 0.1) is 12.2 Å². The van der Waals surface area contributed by atoms with Crippen molar-refractivity contribution >= 4 is 6.03 Å². The van der Waals surface area contributed by atoms with Gasteiger partial charge < -0.3 is 15.4 Å². The summed E-state index contributed by atoms with van der Waals surface area (Å²) in [6, 6.07) is 6.16. The SMILES string of the molecule is C[C@H]1CN(C(C)(C)CNC(=O)NCCc2ccc(F)cc2)C[C@H](C)O1. The molecule has 140 valence electrons. The fourth-order valence-electron chi connectivity index (χ4n) is 3.11. The van der Waals surface area contributed by atoms with Crippen LogP contribution in [0.25, 0.3) is 0 Å². The van der Waals surface area contributed by atoms with Crippen LogP contribution in [0.4, 0.5) is 9.18 Å². The Morgan fingerprint density at radius 3 is 2.40 bits per heavy atom. The molecule has 0 radical (unpaired) electrons. The molecule has 0 bridgehead atoms. The third-order valence-electron chi connectivity index (χ3n) is 4.57. The molecular weight excluding hydrogens is 321 g/mol. The maximum atomic E-state index is 12.9. The van der Waals surface area contributed by atoms with Gasteiger partial charge in [-0.3, -0.25) is 4.90 Å². The largest absolute Gasteiger partial charge is 0.373 e. The maximum absolute atomic E-state index is 12.9. The van der Waals surface area contributed by atoms with Gasteiger partial charge in [-0.15, -0.1) is 0 Å². The average molecular weight is 351 g/mol. The molecule has 2 atom stereocenters. The first-order valence-electron chi connectivity index (χ1n) is 8.93. The van der Waals surface area contributed by atoms with Crippen molar-refractivity contribution in [2.45, 2.75) is 51.9 Å². The lowest BCUT2D eigenvalue weighted by Gasteiger charge is -2.45. The maximum Gasteiger partial charge on any atom is 0.314 e. The van der Waals surface area contributed by atoms with E-state index >= 15 is 0 Å². The molecule has 1 aliphatic rings. The van der Waals surface area contributed by atoms with Crippen molar-refractivity contribution in [2.75, 3.05) is 26.2 Å². The number of amides is 2. The Morgan fingerprint density at radius 1 is 1.20 bits per heavy atom. The molecule has 25 heavy (non-hydrogen) atoms.